The summed E-state index contributed by atoms with van der Waals surface area (Å²) >= 11 is 1.66. The van der Waals surface area contributed by atoms with Crippen LogP contribution in [0.3, 0.4) is 0 Å². The Morgan fingerprint density at radius 2 is 2.00 bits per heavy atom. The molecule has 2 aliphatic rings. The molecule has 4 rings (SSSR count). The minimum Gasteiger partial charge on any atom is -0.486 e. The van der Waals surface area contributed by atoms with Crippen molar-refractivity contribution in [3.63, 3.8) is 0 Å². The molecule has 0 bridgehead atoms. The number of carbonyl (C=O) groups excluding carboxylic acids is 1. The van der Waals surface area contributed by atoms with Crippen LogP contribution in [0.1, 0.15) is 17.7 Å². The van der Waals surface area contributed by atoms with Crippen molar-refractivity contribution in [2.45, 2.75) is 19.4 Å². The van der Waals surface area contributed by atoms with Crippen molar-refractivity contribution in [3.8, 4) is 11.5 Å². The summed E-state index contributed by atoms with van der Waals surface area (Å²) in [6, 6.07) is 9.79. The Balaban J connectivity index is 0.00000196. The van der Waals surface area contributed by atoms with Gasteiger partial charge in [0.25, 0.3) is 0 Å². The molecule has 0 radical (unpaired) electrons. The fourth-order valence-electron chi connectivity index (χ4n) is 2.88. The molecule has 0 spiro atoms. The molecule has 1 fully saturated rings. The molecule has 1 saturated carbocycles. The zero-order chi connectivity index (χ0) is 17.1. The number of carbonyl (C=O) groups is 1. The Labute approximate surface area is 163 Å². The molecule has 1 aliphatic carbocycles. The molecule has 0 atom stereocenters. The van der Waals surface area contributed by atoms with Gasteiger partial charge in [-0.15, -0.1) is 23.7 Å². The molecule has 2 heterocycles. The predicted octanol–water partition coefficient (Wildman–Crippen LogP) is 3.47. The van der Waals surface area contributed by atoms with Gasteiger partial charge in [0.05, 0.1) is 13.1 Å². The third kappa shape index (κ3) is 4.69. The highest BCUT2D eigenvalue weighted by Gasteiger charge is 2.23. The van der Waals surface area contributed by atoms with Crippen molar-refractivity contribution in [1.82, 2.24) is 5.32 Å². The lowest BCUT2D eigenvalue weighted by Crippen LogP contribution is -2.38. The maximum Gasteiger partial charge on any atom is 0.241 e. The number of halogens is 1. The number of hydrogen-bond acceptors (Lipinski definition) is 5. The lowest BCUT2D eigenvalue weighted by molar-refractivity contribution is -0.117. The van der Waals surface area contributed by atoms with E-state index in [0.29, 0.717) is 32.1 Å². The molecule has 140 valence electrons. The molecule has 1 aromatic heterocycles. The van der Waals surface area contributed by atoms with E-state index >= 15 is 0 Å². The second-order valence-corrected chi connectivity index (χ2v) is 7.49. The Morgan fingerprint density at radius 3 is 2.73 bits per heavy atom. The van der Waals surface area contributed by atoms with Gasteiger partial charge in [-0.2, -0.15) is 0 Å². The summed E-state index contributed by atoms with van der Waals surface area (Å²) in [5.41, 5.74) is 0.843. The van der Waals surface area contributed by atoms with Gasteiger partial charge in [-0.05, 0) is 48.9 Å². The van der Waals surface area contributed by atoms with Crippen molar-refractivity contribution in [3.05, 3.63) is 40.6 Å². The SMILES string of the molecule is Cl.O=C(CNCC1CC1)N(Cc1cccs1)c1ccc2c(c1)OCCO2. The molecule has 2 aromatic rings. The smallest absolute Gasteiger partial charge is 0.241 e. The van der Waals surface area contributed by atoms with Crippen molar-refractivity contribution < 1.29 is 14.3 Å². The third-order valence-electron chi connectivity index (χ3n) is 4.44. The van der Waals surface area contributed by atoms with Crippen LogP contribution < -0.4 is 19.7 Å². The summed E-state index contributed by atoms with van der Waals surface area (Å²) < 4.78 is 11.3. The number of hydrogen-bond donors (Lipinski definition) is 1. The number of nitrogens with zero attached hydrogens (tertiary/aromatic N) is 1. The molecular weight excluding hydrogens is 372 g/mol. The van der Waals surface area contributed by atoms with Crippen LogP contribution >= 0.6 is 23.7 Å². The molecule has 26 heavy (non-hydrogen) atoms. The highest BCUT2D eigenvalue weighted by atomic mass is 35.5. The first kappa shape index (κ1) is 19.0. The number of nitrogens with one attached hydrogen (secondary N) is 1. The van der Waals surface area contributed by atoms with Crippen molar-refractivity contribution in [1.29, 1.82) is 0 Å². The lowest BCUT2D eigenvalue weighted by atomic mass is 10.2. The number of anilines is 1. The molecule has 0 saturated heterocycles. The number of benzene rings is 1. The standard InChI is InChI=1S/C19H22N2O3S.ClH/c22-19(12-20-11-14-3-4-14)21(13-16-2-1-9-25-16)15-5-6-17-18(10-15)24-8-7-23-17;/h1-2,5-6,9-10,14,20H,3-4,7-8,11-13H2;1H. The van der Waals surface area contributed by atoms with Crippen molar-refractivity contribution in [2.75, 3.05) is 31.2 Å². The zero-order valence-corrected chi connectivity index (χ0v) is 16.1. The molecule has 5 nitrogen and oxygen atoms in total. The third-order valence-corrected chi connectivity index (χ3v) is 5.30. The molecule has 1 amide bonds. The number of rotatable bonds is 7. The summed E-state index contributed by atoms with van der Waals surface area (Å²) in [6.45, 7) is 2.96. The largest absolute Gasteiger partial charge is 0.486 e. The summed E-state index contributed by atoms with van der Waals surface area (Å²) in [5.74, 6) is 2.28. The molecule has 1 aromatic carbocycles. The van der Waals surface area contributed by atoms with E-state index in [0.717, 1.165) is 28.8 Å². The number of amides is 1. The number of ether oxygens (including phenoxy) is 2. The van der Waals surface area contributed by atoms with E-state index in [1.54, 1.807) is 11.3 Å². The normalized spacial score (nSPS) is 15.2. The average molecular weight is 395 g/mol. The van der Waals surface area contributed by atoms with E-state index < -0.39 is 0 Å². The second kappa shape index (κ2) is 8.75. The van der Waals surface area contributed by atoms with Gasteiger partial charge < -0.3 is 19.7 Å². The van der Waals surface area contributed by atoms with Gasteiger partial charge in [0, 0.05) is 16.6 Å². The fourth-order valence-corrected chi connectivity index (χ4v) is 3.58. The van der Waals surface area contributed by atoms with Crippen LogP contribution in [0.5, 0.6) is 11.5 Å². The first-order chi connectivity index (χ1) is 12.3. The van der Waals surface area contributed by atoms with E-state index in [1.807, 2.05) is 34.5 Å². The van der Waals surface area contributed by atoms with E-state index in [-0.39, 0.29) is 18.3 Å². The number of fused-ring (bicyclic) bond motifs is 1. The second-order valence-electron chi connectivity index (χ2n) is 6.46. The maximum atomic E-state index is 12.8. The topological polar surface area (TPSA) is 50.8 Å². The van der Waals surface area contributed by atoms with Gasteiger partial charge in [-0.3, -0.25) is 4.79 Å². The Bertz CT molecular complexity index is 734. The summed E-state index contributed by atoms with van der Waals surface area (Å²) in [7, 11) is 0. The van der Waals surface area contributed by atoms with Crippen LogP contribution in [-0.2, 0) is 11.3 Å². The maximum absolute atomic E-state index is 12.8. The van der Waals surface area contributed by atoms with E-state index in [2.05, 4.69) is 11.4 Å². The van der Waals surface area contributed by atoms with Crippen LogP contribution in [-0.4, -0.2) is 32.2 Å². The Hall–Kier alpha value is -1.76. The van der Waals surface area contributed by atoms with Crippen molar-refractivity contribution >= 4 is 35.3 Å². The predicted molar refractivity (Wildman–Crippen MR) is 106 cm³/mol. The fraction of sp³-hybridized carbons (Fsp3) is 0.421. The van der Waals surface area contributed by atoms with Crippen LogP contribution in [0.25, 0.3) is 0 Å². The highest BCUT2D eigenvalue weighted by Crippen LogP contribution is 2.34. The first-order valence-electron chi connectivity index (χ1n) is 8.73. The Morgan fingerprint density at radius 1 is 1.19 bits per heavy atom. The lowest BCUT2D eigenvalue weighted by Gasteiger charge is -2.25. The minimum atomic E-state index is 0. The van der Waals surface area contributed by atoms with Crippen LogP contribution in [0.4, 0.5) is 5.69 Å². The van der Waals surface area contributed by atoms with Gasteiger partial charge >= 0.3 is 0 Å². The molecule has 7 heteroatoms. The van der Waals surface area contributed by atoms with Crippen LogP contribution in [0.2, 0.25) is 0 Å². The zero-order valence-electron chi connectivity index (χ0n) is 14.5. The van der Waals surface area contributed by atoms with E-state index in [9.17, 15) is 4.79 Å². The number of thiophene rings is 1. The molecule has 1 aliphatic heterocycles. The molecule has 1 N–H and O–H groups in total. The van der Waals surface area contributed by atoms with Crippen LogP contribution in [0, 0.1) is 5.92 Å². The van der Waals surface area contributed by atoms with Crippen LogP contribution in [0.15, 0.2) is 35.7 Å². The average Bonchev–Trinajstić information content (AvgIpc) is 3.32. The van der Waals surface area contributed by atoms with Gasteiger partial charge in [0.1, 0.15) is 13.2 Å². The Kier molecular flexibility index (Phi) is 6.40. The molecular formula is C19H23ClN2O3S. The van der Waals surface area contributed by atoms with Gasteiger partial charge in [-0.1, -0.05) is 6.07 Å². The van der Waals surface area contributed by atoms with Crippen molar-refractivity contribution in [2.24, 2.45) is 5.92 Å². The summed E-state index contributed by atoms with van der Waals surface area (Å²) in [4.78, 5) is 15.8. The van der Waals surface area contributed by atoms with Gasteiger partial charge in [0.15, 0.2) is 11.5 Å². The summed E-state index contributed by atoms with van der Waals surface area (Å²) in [5, 5.41) is 5.33. The highest BCUT2D eigenvalue weighted by molar-refractivity contribution is 7.09. The molecule has 0 unspecified atom stereocenters. The first-order valence-corrected chi connectivity index (χ1v) is 9.60. The van der Waals surface area contributed by atoms with Gasteiger partial charge in [0.2, 0.25) is 5.91 Å². The monoisotopic (exact) mass is 394 g/mol. The summed E-state index contributed by atoms with van der Waals surface area (Å²) in [6.07, 6.45) is 2.56. The van der Waals surface area contributed by atoms with E-state index in [4.69, 9.17) is 9.47 Å². The van der Waals surface area contributed by atoms with E-state index in [1.165, 1.54) is 12.8 Å². The van der Waals surface area contributed by atoms with Gasteiger partial charge in [-0.25, -0.2) is 0 Å². The minimum absolute atomic E-state index is 0. The quantitative estimate of drug-likeness (QED) is 0.781.